The molecule has 0 unspecified atom stereocenters. The predicted octanol–water partition coefficient (Wildman–Crippen LogP) is 3.16. The maximum atomic E-state index is 12.9. The average Bonchev–Trinajstić information content (AvgIpc) is 2.67. The Bertz CT molecular complexity index is 1310. The molecule has 172 valence electrons. The Labute approximate surface area is 186 Å². The monoisotopic (exact) mass is 440 g/mol. The first-order chi connectivity index (χ1) is 15.0. The summed E-state index contributed by atoms with van der Waals surface area (Å²) in [7, 11) is 0. The van der Waals surface area contributed by atoms with Crippen LogP contribution in [0.4, 0.5) is 11.5 Å². The highest BCUT2D eigenvalue weighted by Crippen LogP contribution is 2.27. The maximum absolute atomic E-state index is 12.9. The molecule has 0 amide bonds. The summed E-state index contributed by atoms with van der Waals surface area (Å²) in [4.78, 5) is 41.9. The second-order valence-corrected chi connectivity index (χ2v) is 9.25. The van der Waals surface area contributed by atoms with Gasteiger partial charge in [0.15, 0.2) is 0 Å². The Morgan fingerprint density at radius 1 is 1.09 bits per heavy atom. The van der Waals surface area contributed by atoms with Gasteiger partial charge in [0.25, 0.3) is 5.56 Å². The Balaban J connectivity index is 2.21. The molecule has 0 fully saturated rings. The molecular weight excluding hydrogens is 408 g/mol. The number of benzene rings is 1. The first-order valence-corrected chi connectivity index (χ1v) is 10.9. The minimum atomic E-state index is -0.535. The number of hydrogen-bond acceptors (Lipinski definition) is 6. The number of nitrogens with one attached hydrogen (secondary N) is 1. The summed E-state index contributed by atoms with van der Waals surface area (Å²) in [6.07, 6.45) is 0. The molecule has 0 saturated heterocycles. The van der Waals surface area contributed by atoms with Gasteiger partial charge in [-0.05, 0) is 42.4 Å². The number of aryl methyl sites for hydroxylation is 2. The Kier molecular flexibility index (Phi) is 6.62. The van der Waals surface area contributed by atoms with Gasteiger partial charge in [0, 0.05) is 31.1 Å². The molecule has 3 aromatic rings. The lowest BCUT2D eigenvalue weighted by atomic mass is 10.0. The van der Waals surface area contributed by atoms with E-state index in [4.69, 9.17) is 10.2 Å². The molecule has 0 bridgehead atoms. The Morgan fingerprint density at radius 2 is 1.78 bits per heavy atom. The third-order valence-corrected chi connectivity index (χ3v) is 5.54. The summed E-state index contributed by atoms with van der Waals surface area (Å²) in [6, 6.07) is 5.37. The van der Waals surface area contributed by atoms with Gasteiger partial charge in [-0.1, -0.05) is 39.8 Å². The summed E-state index contributed by atoms with van der Waals surface area (Å²) in [6.45, 7) is 13.1. The lowest BCUT2D eigenvalue weighted by Crippen LogP contribution is -2.40. The van der Waals surface area contributed by atoms with Crippen LogP contribution < -0.4 is 27.5 Å². The summed E-state index contributed by atoms with van der Waals surface area (Å²) in [5.74, 6) is 0.503. The van der Waals surface area contributed by atoms with Crippen LogP contribution in [-0.4, -0.2) is 16.1 Å². The van der Waals surface area contributed by atoms with Gasteiger partial charge in [-0.2, -0.15) is 0 Å². The minimum Gasteiger partial charge on any atom is -0.422 e. The molecular formula is C24H32N4O4. The summed E-state index contributed by atoms with van der Waals surface area (Å²) in [5.41, 5.74) is 8.32. The zero-order valence-corrected chi connectivity index (χ0v) is 19.6. The van der Waals surface area contributed by atoms with Gasteiger partial charge >= 0.3 is 11.3 Å². The van der Waals surface area contributed by atoms with Crippen molar-refractivity contribution in [3.05, 3.63) is 66.1 Å². The summed E-state index contributed by atoms with van der Waals surface area (Å²) in [5, 5.41) is 0.812. The van der Waals surface area contributed by atoms with Crippen molar-refractivity contribution in [2.45, 2.75) is 54.6 Å². The largest absolute Gasteiger partial charge is 0.422 e. The van der Waals surface area contributed by atoms with Crippen molar-refractivity contribution in [2.24, 2.45) is 11.8 Å². The van der Waals surface area contributed by atoms with E-state index in [1.165, 1.54) is 10.6 Å². The van der Waals surface area contributed by atoms with Crippen molar-refractivity contribution >= 4 is 22.5 Å². The Morgan fingerprint density at radius 3 is 2.41 bits per heavy atom. The SMILES string of the molecule is Cc1ccc2c(CN(CC(C)C)c3c(N)n(CC(C)C)c(=O)[nH]c3=O)cc(=O)oc2c1C. The third kappa shape index (κ3) is 4.64. The molecule has 2 heterocycles. The van der Waals surface area contributed by atoms with Gasteiger partial charge in [-0.15, -0.1) is 0 Å². The molecule has 0 aliphatic heterocycles. The van der Waals surface area contributed by atoms with Crippen molar-refractivity contribution in [1.82, 2.24) is 9.55 Å². The zero-order valence-electron chi connectivity index (χ0n) is 19.6. The molecule has 2 aromatic heterocycles. The van der Waals surface area contributed by atoms with E-state index in [2.05, 4.69) is 4.98 Å². The number of aromatic nitrogens is 2. The van der Waals surface area contributed by atoms with Crippen molar-refractivity contribution in [3.8, 4) is 0 Å². The van der Waals surface area contributed by atoms with E-state index in [1.807, 2.05) is 58.6 Å². The molecule has 8 nitrogen and oxygen atoms in total. The molecule has 0 radical (unpaired) electrons. The Hall–Kier alpha value is -3.29. The van der Waals surface area contributed by atoms with Gasteiger partial charge < -0.3 is 15.1 Å². The van der Waals surface area contributed by atoms with Crippen LogP contribution in [0.15, 0.2) is 37.0 Å². The van der Waals surface area contributed by atoms with Gasteiger partial charge in [0.2, 0.25) is 0 Å². The number of nitrogens with zero attached hydrogens (tertiary/aromatic N) is 2. The van der Waals surface area contributed by atoms with Gasteiger partial charge in [0.05, 0.1) is 0 Å². The van der Waals surface area contributed by atoms with Crippen LogP contribution in [0.3, 0.4) is 0 Å². The number of nitrogen functional groups attached to an aromatic ring is 1. The topological polar surface area (TPSA) is 114 Å². The minimum absolute atomic E-state index is 0.132. The molecule has 0 aliphatic carbocycles. The van der Waals surface area contributed by atoms with E-state index in [1.54, 1.807) is 0 Å². The van der Waals surface area contributed by atoms with Crippen LogP contribution in [0.5, 0.6) is 0 Å². The van der Waals surface area contributed by atoms with Gasteiger partial charge in [-0.3, -0.25) is 14.3 Å². The van der Waals surface area contributed by atoms with Gasteiger partial charge in [-0.25, -0.2) is 9.59 Å². The van der Waals surface area contributed by atoms with Crippen LogP contribution in [-0.2, 0) is 13.1 Å². The van der Waals surface area contributed by atoms with E-state index in [0.29, 0.717) is 18.7 Å². The second-order valence-electron chi connectivity index (χ2n) is 9.25. The maximum Gasteiger partial charge on any atom is 0.336 e. The van der Waals surface area contributed by atoms with E-state index >= 15 is 0 Å². The van der Waals surface area contributed by atoms with Crippen molar-refractivity contribution in [2.75, 3.05) is 17.2 Å². The molecule has 3 N–H and O–H groups in total. The molecule has 3 rings (SSSR count). The highest BCUT2D eigenvalue weighted by molar-refractivity contribution is 5.84. The number of rotatable bonds is 7. The van der Waals surface area contributed by atoms with Crippen LogP contribution in [0.2, 0.25) is 0 Å². The average molecular weight is 441 g/mol. The standard InChI is InChI=1S/C24H32N4O4/c1-13(2)10-27(20-22(25)28(11-14(3)4)24(31)26-23(20)30)12-17-9-19(29)32-21-16(6)15(5)7-8-18(17)21/h7-9,13-14H,10-12,25H2,1-6H3,(H,26,30,31). The van der Waals surface area contributed by atoms with E-state index in [0.717, 1.165) is 22.1 Å². The molecule has 32 heavy (non-hydrogen) atoms. The number of aromatic amines is 1. The van der Waals surface area contributed by atoms with E-state index < -0.39 is 16.9 Å². The fourth-order valence-electron chi connectivity index (χ4n) is 3.97. The zero-order chi connectivity index (χ0) is 23.7. The van der Waals surface area contributed by atoms with Crippen molar-refractivity contribution in [1.29, 1.82) is 0 Å². The first kappa shape index (κ1) is 23.4. The number of anilines is 2. The molecule has 0 atom stereocenters. The fourth-order valence-corrected chi connectivity index (χ4v) is 3.97. The van der Waals surface area contributed by atoms with Crippen molar-refractivity contribution in [3.63, 3.8) is 0 Å². The third-order valence-electron chi connectivity index (χ3n) is 5.54. The summed E-state index contributed by atoms with van der Waals surface area (Å²) >= 11 is 0. The lowest BCUT2D eigenvalue weighted by molar-refractivity contribution is 0.505. The molecule has 1 aromatic carbocycles. The second kappa shape index (κ2) is 9.06. The quantitative estimate of drug-likeness (QED) is 0.546. The molecule has 0 saturated carbocycles. The molecule has 0 spiro atoms. The van der Waals surface area contributed by atoms with Crippen LogP contribution >= 0.6 is 0 Å². The predicted molar refractivity (Wildman–Crippen MR) is 128 cm³/mol. The van der Waals surface area contributed by atoms with Crippen LogP contribution in [0.25, 0.3) is 11.0 Å². The van der Waals surface area contributed by atoms with Crippen molar-refractivity contribution < 1.29 is 4.42 Å². The molecule has 0 aliphatic rings. The number of nitrogens with two attached hydrogens (primary N) is 1. The number of H-pyrrole nitrogens is 1. The van der Waals surface area contributed by atoms with Crippen LogP contribution in [0, 0.1) is 25.7 Å². The lowest BCUT2D eigenvalue weighted by Gasteiger charge is -2.28. The van der Waals surface area contributed by atoms with Gasteiger partial charge in [0.1, 0.15) is 17.1 Å². The summed E-state index contributed by atoms with van der Waals surface area (Å²) < 4.78 is 6.90. The number of hydrogen-bond donors (Lipinski definition) is 2. The van der Waals surface area contributed by atoms with E-state index in [-0.39, 0.29) is 29.9 Å². The first-order valence-electron chi connectivity index (χ1n) is 10.9. The highest BCUT2D eigenvalue weighted by Gasteiger charge is 2.22. The smallest absolute Gasteiger partial charge is 0.336 e. The fraction of sp³-hybridized carbons (Fsp3) is 0.458. The van der Waals surface area contributed by atoms with Crippen LogP contribution in [0.1, 0.15) is 44.4 Å². The van der Waals surface area contributed by atoms with E-state index in [9.17, 15) is 14.4 Å². The normalized spacial score (nSPS) is 11.6. The highest BCUT2D eigenvalue weighted by atomic mass is 16.4. The molecule has 8 heteroatoms. The number of fused-ring (bicyclic) bond motifs is 1.